The van der Waals surface area contributed by atoms with Crippen molar-refractivity contribution in [2.75, 3.05) is 0 Å². The summed E-state index contributed by atoms with van der Waals surface area (Å²) in [6.07, 6.45) is 7.05. The first-order chi connectivity index (χ1) is 11.9. The zero-order valence-corrected chi connectivity index (χ0v) is 15.9. The molecule has 0 aliphatic carbocycles. The first-order valence-electron chi connectivity index (χ1n) is 7.47. The van der Waals surface area contributed by atoms with E-state index in [1.807, 2.05) is 13.8 Å². The van der Waals surface area contributed by atoms with E-state index in [4.69, 9.17) is 29.6 Å². The molecule has 8 heteroatoms. The van der Waals surface area contributed by atoms with E-state index < -0.39 is 5.91 Å². The fourth-order valence-electron chi connectivity index (χ4n) is 2.47. The second-order valence-corrected chi connectivity index (χ2v) is 7.35. The molecule has 1 aromatic carbocycles. The van der Waals surface area contributed by atoms with Crippen LogP contribution in [0, 0.1) is 12.3 Å². The Hall–Kier alpha value is -2.07. The number of hydrogen-bond donors (Lipinski definition) is 0. The normalized spacial score (nSPS) is 12.1. The molecule has 0 saturated heterocycles. The molecule has 0 saturated carbocycles. The molecule has 5 nitrogen and oxygen atoms in total. The Morgan fingerprint density at radius 1 is 1.36 bits per heavy atom. The van der Waals surface area contributed by atoms with Crippen LogP contribution in [0.4, 0.5) is 0 Å². The quantitative estimate of drug-likeness (QED) is 0.628. The van der Waals surface area contributed by atoms with E-state index in [2.05, 4.69) is 16.0 Å². The van der Waals surface area contributed by atoms with Gasteiger partial charge in [-0.05, 0) is 32.0 Å². The molecule has 2 aromatic heterocycles. The summed E-state index contributed by atoms with van der Waals surface area (Å²) in [4.78, 5) is 17.4. The van der Waals surface area contributed by atoms with Gasteiger partial charge in [0.15, 0.2) is 4.80 Å². The standard InChI is InChI=1S/C17H14Cl2N4OS/c1-4-9-22-14-11(18)5-6-12(19)15(14)25-17(22)21-16(24)13-7-8-20-23(13)10(2)3/h1,5-8,10H,9H2,2-3H3. The van der Waals surface area contributed by atoms with Crippen LogP contribution in [0.1, 0.15) is 30.4 Å². The van der Waals surface area contributed by atoms with Gasteiger partial charge in [0.25, 0.3) is 5.91 Å². The summed E-state index contributed by atoms with van der Waals surface area (Å²) >= 11 is 13.8. The molecule has 0 aliphatic heterocycles. The van der Waals surface area contributed by atoms with Gasteiger partial charge in [-0.3, -0.25) is 9.48 Å². The molecule has 0 spiro atoms. The van der Waals surface area contributed by atoms with Crippen LogP contribution in [0.3, 0.4) is 0 Å². The Labute approximate surface area is 158 Å². The second-order valence-electron chi connectivity index (χ2n) is 5.55. The van der Waals surface area contributed by atoms with Crippen molar-refractivity contribution in [3.63, 3.8) is 0 Å². The molecule has 0 atom stereocenters. The zero-order valence-electron chi connectivity index (χ0n) is 13.5. The number of carbonyl (C=O) groups excluding carboxylic acids is 1. The second kappa shape index (κ2) is 7.04. The summed E-state index contributed by atoms with van der Waals surface area (Å²) in [7, 11) is 0. The summed E-state index contributed by atoms with van der Waals surface area (Å²) in [5.74, 6) is 2.17. The Kier molecular flexibility index (Phi) is 5.00. The number of hydrogen-bond acceptors (Lipinski definition) is 3. The van der Waals surface area contributed by atoms with Crippen LogP contribution in [0.25, 0.3) is 10.2 Å². The van der Waals surface area contributed by atoms with Crippen LogP contribution in [0.15, 0.2) is 29.4 Å². The smallest absolute Gasteiger partial charge is 0.297 e. The molecular weight excluding hydrogens is 379 g/mol. The van der Waals surface area contributed by atoms with Gasteiger partial charge in [-0.15, -0.1) is 6.42 Å². The van der Waals surface area contributed by atoms with Crippen molar-refractivity contribution in [1.82, 2.24) is 14.3 Å². The maximum atomic E-state index is 12.7. The van der Waals surface area contributed by atoms with E-state index in [0.29, 0.717) is 26.1 Å². The third kappa shape index (κ3) is 3.23. The van der Waals surface area contributed by atoms with E-state index in [1.165, 1.54) is 11.3 Å². The zero-order chi connectivity index (χ0) is 18.1. The number of thiazole rings is 1. The van der Waals surface area contributed by atoms with Crippen molar-refractivity contribution in [1.29, 1.82) is 0 Å². The van der Waals surface area contributed by atoms with Crippen LogP contribution < -0.4 is 4.80 Å². The highest BCUT2D eigenvalue weighted by Gasteiger charge is 2.16. The number of nitrogens with zero attached hydrogens (tertiary/aromatic N) is 4. The first-order valence-corrected chi connectivity index (χ1v) is 9.04. The van der Waals surface area contributed by atoms with E-state index in [1.54, 1.807) is 33.6 Å². The Bertz CT molecular complexity index is 1070. The van der Waals surface area contributed by atoms with Crippen molar-refractivity contribution in [2.24, 2.45) is 4.99 Å². The Morgan fingerprint density at radius 2 is 2.08 bits per heavy atom. The van der Waals surface area contributed by atoms with Crippen LogP contribution in [-0.4, -0.2) is 20.3 Å². The minimum Gasteiger partial charge on any atom is -0.303 e. The molecule has 0 bridgehead atoms. The molecule has 0 unspecified atom stereocenters. The highest BCUT2D eigenvalue weighted by Crippen LogP contribution is 2.31. The number of benzene rings is 1. The monoisotopic (exact) mass is 392 g/mol. The lowest BCUT2D eigenvalue weighted by Gasteiger charge is -2.07. The van der Waals surface area contributed by atoms with Crippen molar-refractivity contribution in [3.8, 4) is 12.3 Å². The molecular formula is C17H14Cl2N4OS. The molecule has 0 N–H and O–H groups in total. The fraction of sp³-hybridized carbons (Fsp3) is 0.235. The van der Waals surface area contributed by atoms with Crippen LogP contribution in [-0.2, 0) is 6.54 Å². The van der Waals surface area contributed by atoms with Gasteiger partial charge in [-0.2, -0.15) is 10.1 Å². The lowest BCUT2D eigenvalue weighted by atomic mass is 10.3. The summed E-state index contributed by atoms with van der Waals surface area (Å²) in [5.41, 5.74) is 1.10. The van der Waals surface area contributed by atoms with Gasteiger partial charge in [-0.1, -0.05) is 40.5 Å². The molecule has 3 aromatic rings. The minimum atomic E-state index is -0.393. The SMILES string of the molecule is C#CCn1c(=NC(=O)c2ccnn2C(C)C)sc2c(Cl)ccc(Cl)c21. The molecule has 3 rings (SSSR count). The van der Waals surface area contributed by atoms with E-state index >= 15 is 0 Å². The van der Waals surface area contributed by atoms with Gasteiger partial charge < -0.3 is 4.57 Å². The fourth-order valence-corrected chi connectivity index (χ4v) is 4.12. The molecule has 0 radical (unpaired) electrons. The Balaban J connectivity index is 2.23. The summed E-state index contributed by atoms with van der Waals surface area (Å²) in [6, 6.07) is 5.10. The highest BCUT2D eigenvalue weighted by molar-refractivity contribution is 7.17. The summed E-state index contributed by atoms with van der Waals surface area (Å²) < 4.78 is 4.10. The maximum absolute atomic E-state index is 12.7. The van der Waals surface area contributed by atoms with Crippen LogP contribution in [0.5, 0.6) is 0 Å². The van der Waals surface area contributed by atoms with Gasteiger partial charge in [0.05, 0.1) is 26.8 Å². The lowest BCUT2D eigenvalue weighted by Crippen LogP contribution is -2.18. The number of fused-ring (bicyclic) bond motifs is 1. The number of terminal acetylenes is 1. The summed E-state index contributed by atoms with van der Waals surface area (Å²) in [6.45, 7) is 4.12. The largest absolute Gasteiger partial charge is 0.303 e. The van der Waals surface area contributed by atoms with Gasteiger partial charge >= 0.3 is 0 Å². The maximum Gasteiger partial charge on any atom is 0.297 e. The molecule has 25 heavy (non-hydrogen) atoms. The minimum absolute atomic E-state index is 0.0493. The van der Waals surface area contributed by atoms with Gasteiger partial charge in [0.1, 0.15) is 5.69 Å². The molecule has 2 heterocycles. The number of halogens is 2. The van der Waals surface area contributed by atoms with E-state index in [0.717, 1.165) is 4.70 Å². The van der Waals surface area contributed by atoms with Crippen LogP contribution >= 0.6 is 34.5 Å². The Morgan fingerprint density at radius 3 is 2.76 bits per heavy atom. The topological polar surface area (TPSA) is 52.2 Å². The predicted molar refractivity (Wildman–Crippen MR) is 101 cm³/mol. The average Bonchev–Trinajstić information content (AvgIpc) is 3.18. The first kappa shape index (κ1) is 17.7. The number of aromatic nitrogens is 3. The number of rotatable bonds is 3. The average molecular weight is 393 g/mol. The van der Waals surface area contributed by atoms with Crippen molar-refractivity contribution in [2.45, 2.75) is 26.4 Å². The molecule has 1 amide bonds. The van der Waals surface area contributed by atoms with E-state index in [9.17, 15) is 4.79 Å². The predicted octanol–water partition coefficient (Wildman–Crippen LogP) is 4.16. The number of amides is 1. The third-order valence-electron chi connectivity index (χ3n) is 3.55. The lowest BCUT2D eigenvalue weighted by molar-refractivity contribution is 0.0986. The van der Waals surface area contributed by atoms with Crippen LogP contribution in [0.2, 0.25) is 10.0 Å². The van der Waals surface area contributed by atoms with Gasteiger partial charge in [-0.25, -0.2) is 0 Å². The van der Waals surface area contributed by atoms with Crippen molar-refractivity contribution in [3.05, 3.63) is 44.9 Å². The molecule has 0 fully saturated rings. The van der Waals surface area contributed by atoms with Gasteiger partial charge in [0.2, 0.25) is 0 Å². The van der Waals surface area contributed by atoms with Crippen molar-refractivity contribution >= 4 is 50.7 Å². The van der Waals surface area contributed by atoms with Crippen molar-refractivity contribution < 1.29 is 4.79 Å². The summed E-state index contributed by atoms with van der Waals surface area (Å²) in [5, 5.41) is 5.21. The number of carbonyl (C=O) groups is 1. The van der Waals surface area contributed by atoms with E-state index in [-0.39, 0.29) is 12.6 Å². The highest BCUT2D eigenvalue weighted by atomic mass is 35.5. The van der Waals surface area contributed by atoms with Gasteiger partial charge in [0, 0.05) is 12.2 Å². The molecule has 128 valence electrons. The third-order valence-corrected chi connectivity index (χ3v) is 5.40. The molecule has 0 aliphatic rings.